The van der Waals surface area contributed by atoms with Gasteiger partial charge in [-0.1, -0.05) is 16.7 Å². The van der Waals surface area contributed by atoms with Crippen LogP contribution in [0.5, 0.6) is 5.75 Å². The van der Waals surface area contributed by atoms with E-state index in [4.69, 9.17) is 20.8 Å². The Morgan fingerprint density at radius 2 is 1.91 bits per heavy atom. The molecule has 8 nitrogen and oxygen atoms in total. The van der Waals surface area contributed by atoms with Crippen LogP contribution in [0.2, 0.25) is 5.02 Å². The Labute approximate surface area is 188 Å². The van der Waals surface area contributed by atoms with Crippen LogP contribution in [-0.2, 0) is 9.53 Å². The summed E-state index contributed by atoms with van der Waals surface area (Å²) >= 11 is 5.82. The monoisotopic (exact) mass is 476 g/mol. The number of halogens is 4. The number of hydrogen-bond acceptors (Lipinski definition) is 7. The third-order valence-electron chi connectivity index (χ3n) is 5.07. The van der Waals surface area contributed by atoms with Crippen LogP contribution in [0.3, 0.4) is 0 Å². The fourth-order valence-corrected chi connectivity index (χ4v) is 3.50. The summed E-state index contributed by atoms with van der Waals surface area (Å²) in [6, 6.07) is 6.93. The van der Waals surface area contributed by atoms with Gasteiger partial charge in [-0.15, -0.1) is 18.3 Å². The Bertz CT molecular complexity index is 870. The third kappa shape index (κ3) is 7.56. The lowest BCUT2D eigenvalue weighted by Crippen LogP contribution is -2.39. The number of alkyl halides is 3. The molecule has 0 saturated heterocycles. The van der Waals surface area contributed by atoms with E-state index in [1.807, 2.05) is 0 Å². The lowest BCUT2D eigenvalue weighted by molar-refractivity contribution is -0.323. The molecule has 0 unspecified atom stereocenters. The highest BCUT2D eigenvalue weighted by Gasteiger charge is 2.30. The van der Waals surface area contributed by atoms with Gasteiger partial charge in [0, 0.05) is 30.6 Å². The molecule has 1 amide bonds. The summed E-state index contributed by atoms with van der Waals surface area (Å²) in [5.41, 5.74) is 0. The normalized spacial score (nSPS) is 18.9. The van der Waals surface area contributed by atoms with Gasteiger partial charge < -0.3 is 19.4 Å². The zero-order valence-electron chi connectivity index (χ0n) is 17.4. The Kier molecular flexibility index (Phi) is 8.19. The molecule has 1 aromatic carbocycles. The highest BCUT2D eigenvalue weighted by molar-refractivity contribution is 6.30. The van der Waals surface area contributed by atoms with Gasteiger partial charge in [-0.2, -0.15) is 0 Å². The molecule has 1 aliphatic rings. The molecular weight excluding hydrogens is 453 g/mol. The van der Waals surface area contributed by atoms with Crippen molar-refractivity contribution in [2.75, 3.05) is 31.7 Å². The van der Waals surface area contributed by atoms with Crippen molar-refractivity contribution in [2.24, 2.45) is 0 Å². The summed E-state index contributed by atoms with van der Waals surface area (Å²) in [6.45, 7) is -0.665. The fraction of sp³-hybridized carbons (Fsp3) is 0.550. The summed E-state index contributed by atoms with van der Waals surface area (Å²) in [6.07, 6.45) is -1.71. The summed E-state index contributed by atoms with van der Waals surface area (Å²) in [4.78, 5) is 13.6. The van der Waals surface area contributed by atoms with Crippen LogP contribution in [0.15, 0.2) is 28.7 Å². The molecular formula is C20H24ClF3N4O4. The van der Waals surface area contributed by atoms with Gasteiger partial charge in [-0.3, -0.25) is 9.53 Å². The number of amides is 1. The van der Waals surface area contributed by atoms with Gasteiger partial charge in [0.05, 0.1) is 6.61 Å². The number of carbonyl (C=O) groups is 1. The van der Waals surface area contributed by atoms with Crippen molar-refractivity contribution in [1.29, 1.82) is 0 Å². The summed E-state index contributed by atoms with van der Waals surface area (Å²) in [5.74, 6) is 0.843. The Balaban J connectivity index is 1.39. The van der Waals surface area contributed by atoms with E-state index >= 15 is 0 Å². The second-order valence-corrected chi connectivity index (χ2v) is 7.93. The average Bonchev–Trinajstić information content (AvgIpc) is 3.23. The zero-order chi connectivity index (χ0) is 23.1. The smallest absolute Gasteiger partial charge is 0.484 e. The van der Waals surface area contributed by atoms with Crippen LogP contribution in [-0.4, -0.2) is 55.3 Å². The second-order valence-electron chi connectivity index (χ2n) is 7.50. The number of rotatable bonds is 9. The van der Waals surface area contributed by atoms with Gasteiger partial charge in [0.15, 0.2) is 6.61 Å². The van der Waals surface area contributed by atoms with Crippen LogP contribution in [0.1, 0.15) is 37.5 Å². The number of benzene rings is 1. The van der Waals surface area contributed by atoms with E-state index in [1.165, 1.54) is 4.90 Å². The van der Waals surface area contributed by atoms with Crippen molar-refractivity contribution < 1.29 is 31.9 Å². The number of likely N-dealkylation sites (N-methyl/N-ethyl adjacent to an activating group) is 1. The molecule has 176 valence electrons. The van der Waals surface area contributed by atoms with Gasteiger partial charge in [-0.05, 0) is 49.9 Å². The molecule has 1 aliphatic carbocycles. The SMILES string of the molecule is CN(CCOC(F)(F)F)c1nnc(C2CCC(NC(=O)COc3ccc(Cl)cc3)CC2)o1. The van der Waals surface area contributed by atoms with Crippen molar-refractivity contribution in [2.45, 2.75) is 44.0 Å². The van der Waals surface area contributed by atoms with E-state index in [9.17, 15) is 18.0 Å². The van der Waals surface area contributed by atoms with Crippen molar-refractivity contribution in [3.8, 4) is 5.75 Å². The summed E-state index contributed by atoms with van der Waals surface area (Å²) in [7, 11) is 1.55. The number of carbonyl (C=O) groups excluding carboxylic acids is 1. The molecule has 1 N–H and O–H groups in total. The highest BCUT2D eigenvalue weighted by atomic mass is 35.5. The van der Waals surface area contributed by atoms with E-state index in [-0.39, 0.29) is 37.0 Å². The minimum Gasteiger partial charge on any atom is -0.484 e. The first-order valence-electron chi connectivity index (χ1n) is 10.1. The maximum Gasteiger partial charge on any atom is 0.522 e. The molecule has 0 atom stereocenters. The quantitative estimate of drug-likeness (QED) is 0.586. The van der Waals surface area contributed by atoms with E-state index in [2.05, 4.69) is 20.3 Å². The highest BCUT2D eigenvalue weighted by Crippen LogP contribution is 2.33. The molecule has 0 spiro atoms. The molecule has 1 saturated carbocycles. The van der Waals surface area contributed by atoms with Crippen LogP contribution >= 0.6 is 11.6 Å². The second kappa shape index (κ2) is 10.9. The molecule has 1 aromatic heterocycles. The van der Waals surface area contributed by atoms with E-state index in [1.54, 1.807) is 31.3 Å². The fourth-order valence-electron chi connectivity index (χ4n) is 3.37. The molecule has 3 rings (SSSR count). The van der Waals surface area contributed by atoms with Crippen LogP contribution in [0.25, 0.3) is 0 Å². The van der Waals surface area contributed by atoms with Gasteiger partial charge in [0.2, 0.25) is 5.89 Å². The first kappa shape index (κ1) is 24.1. The van der Waals surface area contributed by atoms with Crippen LogP contribution in [0.4, 0.5) is 19.2 Å². The van der Waals surface area contributed by atoms with Crippen molar-refractivity contribution in [1.82, 2.24) is 15.5 Å². The molecule has 0 radical (unpaired) electrons. The molecule has 1 heterocycles. The van der Waals surface area contributed by atoms with Crippen molar-refractivity contribution >= 4 is 23.5 Å². The average molecular weight is 477 g/mol. The maximum atomic E-state index is 12.1. The standard InChI is InChI=1S/C20H24ClF3N4O4/c1-28(10-11-31-20(22,23)24)19-27-26-18(32-19)13-2-6-15(7-3-13)25-17(29)12-30-16-8-4-14(21)5-9-16/h4-5,8-9,13,15H,2-3,6-7,10-12H2,1H3,(H,25,29). The molecule has 2 aromatic rings. The first-order chi connectivity index (χ1) is 15.2. The zero-order valence-corrected chi connectivity index (χ0v) is 18.2. The molecule has 0 aliphatic heterocycles. The maximum absolute atomic E-state index is 12.1. The lowest BCUT2D eigenvalue weighted by Gasteiger charge is -2.27. The van der Waals surface area contributed by atoms with Gasteiger partial charge in [0.1, 0.15) is 5.75 Å². The Morgan fingerprint density at radius 3 is 2.56 bits per heavy atom. The minimum atomic E-state index is -4.67. The predicted octanol–water partition coefficient (Wildman–Crippen LogP) is 3.92. The van der Waals surface area contributed by atoms with E-state index in [0.717, 1.165) is 25.7 Å². The van der Waals surface area contributed by atoms with Crippen LogP contribution < -0.4 is 15.0 Å². The van der Waals surface area contributed by atoms with Crippen molar-refractivity contribution in [3.63, 3.8) is 0 Å². The van der Waals surface area contributed by atoms with E-state index in [0.29, 0.717) is 16.7 Å². The largest absolute Gasteiger partial charge is 0.522 e. The Hall–Kier alpha value is -2.53. The predicted molar refractivity (Wildman–Crippen MR) is 110 cm³/mol. The number of ether oxygens (including phenoxy) is 2. The third-order valence-corrected chi connectivity index (χ3v) is 5.33. The molecule has 12 heteroatoms. The molecule has 32 heavy (non-hydrogen) atoms. The minimum absolute atomic E-state index is 0.0251. The lowest BCUT2D eigenvalue weighted by atomic mass is 9.86. The number of hydrogen-bond donors (Lipinski definition) is 1. The summed E-state index contributed by atoms with van der Waals surface area (Å²) < 4.78 is 51.0. The van der Waals surface area contributed by atoms with Crippen LogP contribution in [0, 0.1) is 0 Å². The number of nitrogens with zero attached hydrogens (tertiary/aromatic N) is 3. The van der Waals surface area contributed by atoms with Gasteiger partial charge >= 0.3 is 12.4 Å². The van der Waals surface area contributed by atoms with Gasteiger partial charge in [-0.25, -0.2) is 0 Å². The Morgan fingerprint density at radius 1 is 1.22 bits per heavy atom. The first-order valence-corrected chi connectivity index (χ1v) is 10.5. The molecule has 1 fully saturated rings. The number of aromatic nitrogens is 2. The number of anilines is 1. The number of nitrogens with one attached hydrogen (secondary N) is 1. The van der Waals surface area contributed by atoms with Crippen molar-refractivity contribution in [3.05, 3.63) is 35.2 Å². The van der Waals surface area contributed by atoms with E-state index < -0.39 is 13.0 Å². The van der Waals surface area contributed by atoms with Gasteiger partial charge in [0.25, 0.3) is 5.91 Å². The summed E-state index contributed by atoms with van der Waals surface area (Å²) in [5, 5.41) is 11.5. The molecule has 0 bridgehead atoms. The topological polar surface area (TPSA) is 89.7 Å².